The Morgan fingerprint density at radius 1 is 1.21 bits per heavy atom. The summed E-state index contributed by atoms with van der Waals surface area (Å²) >= 11 is 0. The first kappa shape index (κ1) is 21.6. The van der Waals surface area contributed by atoms with E-state index in [2.05, 4.69) is 75.2 Å². The van der Waals surface area contributed by atoms with Crippen LogP contribution in [0.1, 0.15) is 44.0 Å². The number of likely N-dealkylation sites (tertiary alicyclic amines) is 1. The molecule has 4 aromatic rings. The van der Waals surface area contributed by atoms with Gasteiger partial charge in [0, 0.05) is 5.39 Å². The van der Waals surface area contributed by atoms with Gasteiger partial charge in [0.15, 0.2) is 11.5 Å². The predicted octanol–water partition coefficient (Wildman–Crippen LogP) is 4.49. The van der Waals surface area contributed by atoms with E-state index in [-0.39, 0.29) is 6.04 Å². The van der Waals surface area contributed by atoms with Gasteiger partial charge in [-0.15, -0.1) is 0 Å². The van der Waals surface area contributed by atoms with Crippen LogP contribution in [-0.4, -0.2) is 56.1 Å². The molecule has 3 aromatic heterocycles. The van der Waals surface area contributed by atoms with Crippen molar-refractivity contribution < 1.29 is 4.74 Å². The van der Waals surface area contributed by atoms with Crippen molar-refractivity contribution in [2.24, 2.45) is 5.92 Å². The quantitative estimate of drug-likeness (QED) is 0.433. The molecule has 172 valence electrons. The third-order valence-corrected chi connectivity index (χ3v) is 6.68. The van der Waals surface area contributed by atoms with Crippen molar-refractivity contribution in [2.75, 3.05) is 31.6 Å². The standard InChI is InChI=1S/C25H31N7O/c1-4-32-10-8-18(9-11-32)13-33-25-21-16(2)6-5-7-19(21)12-20(31-25)17(3)30-24-22-23(27-14-26-22)28-15-29-24/h5-7,12,14-15,17-18H,4,8-11,13H2,1-3H3,(H2,26,27,28,29,30). The molecule has 4 heterocycles. The van der Waals surface area contributed by atoms with Crippen molar-refractivity contribution in [1.29, 1.82) is 0 Å². The normalized spacial score (nSPS) is 16.3. The molecule has 1 aliphatic rings. The number of nitrogens with one attached hydrogen (secondary N) is 2. The van der Waals surface area contributed by atoms with Gasteiger partial charge < -0.3 is 19.9 Å². The van der Waals surface area contributed by atoms with Crippen molar-refractivity contribution in [3.63, 3.8) is 0 Å². The van der Waals surface area contributed by atoms with Gasteiger partial charge >= 0.3 is 0 Å². The summed E-state index contributed by atoms with van der Waals surface area (Å²) in [4.78, 5) is 23.5. The molecule has 2 N–H and O–H groups in total. The molecular formula is C25H31N7O. The Labute approximate surface area is 193 Å². The second kappa shape index (κ2) is 9.31. The van der Waals surface area contributed by atoms with Crippen LogP contribution in [-0.2, 0) is 0 Å². The predicted molar refractivity (Wildman–Crippen MR) is 131 cm³/mol. The summed E-state index contributed by atoms with van der Waals surface area (Å²) in [6, 6.07) is 8.38. The molecule has 1 aliphatic heterocycles. The SMILES string of the molecule is CCN1CCC(COc2nc(C(C)Nc3ncnc4[nH]cnc34)cc3cccc(C)c23)CC1. The van der Waals surface area contributed by atoms with Gasteiger partial charge in [-0.05, 0) is 69.3 Å². The highest BCUT2D eigenvalue weighted by Crippen LogP contribution is 2.32. The van der Waals surface area contributed by atoms with Crippen LogP contribution in [0.25, 0.3) is 21.9 Å². The minimum Gasteiger partial charge on any atom is -0.477 e. The smallest absolute Gasteiger partial charge is 0.221 e. The third kappa shape index (κ3) is 4.48. The number of H-pyrrole nitrogens is 1. The highest BCUT2D eigenvalue weighted by atomic mass is 16.5. The van der Waals surface area contributed by atoms with Crippen LogP contribution in [0, 0.1) is 12.8 Å². The van der Waals surface area contributed by atoms with Crippen molar-refractivity contribution in [1.82, 2.24) is 29.8 Å². The monoisotopic (exact) mass is 445 g/mol. The number of rotatable bonds is 7. The molecule has 33 heavy (non-hydrogen) atoms. The van der Waals surface area contributed by atoms with Crippen LogP contribution >= 0.6 is 0 Å². The van der Waals surface area contributed by atoms with Gasteiger partial charge in [-0.25, -0.2) is 19.9 Å². The number of hydrogen-bond acceptors (Lipinski definition) is 7. The zero-order chi connectivity index (χ0) is 22.8. The molecule has 8 nitrogen and oxygen atoms in total. The van der Waals surface area contributed by atoms with Gasteiger partial charge in [-0.3, -0.25) is 0 Å². The largest absolute Gasteiger partial charge is 0.477 e. The van der Waals surface area contributed by atoms with Crippen LogP contribution in [0.2, 0.25) is 0 Å². The molecule has 8 heteroatoms. The molecular weight excluding hydrogens is 414 g/mol. The van der Waals surface area contributed by atoms with Crippen LogP contribution in [0.3, 0.4) is 0 Å². The fourth-order valence-electron chi connectivity index (χ4n) is 4.61. The molecule has 1 aromatic carbocycles. The van der Waals surface area contributed by atoms with Crippen LogP contribution in [0.15, 0.2) is 36.9 Å². The minimum atomic E-state index is -0.0835. The van der Waals surface area contributed by atoms with E-state index in [0.717, 1.165) is 47.5 Å². The average molecular weight is 446 g/mol. The van der Waals surface area contributed by atoms with Gasteiger partial charge in [0.25, 0.3) is 0 Å². The number of pyridine rings is 1. The first-order valence-corrected chi connectivity index (χ1v) is 11.8. The van der Waals surface area contributed by atoms with Crippen LogP contribution in [0.4, 0.5) is 5.82 Å². The number of anilines is 1. The number of aromatic amines is 1. The molecule has 0 amide bonds. The summed E-state index contributed by atoms with van der Waals surface area (Å²) in [5.41, 5.74) is 3.51. The number of imidazole rings is 1. The number of aryl methyl sites for hydroxylation is 1. The Morgan fingerprint density at radius 2 is 2.06 bits per heavy atom. The third-order valence-electron chi connectivity index (χ3n) is 6.68. The van der Waals surface area contributed by atoms with Crippen LogP contribution in [0.5, 0.6) is 5.88 Å². The van der Waals surface area contributed by atoms with Crippen LogP contribution < -0.4 is 10.1 Å². The number of piperidine rings is 1. The summed E-state index contributed by atoms with van der Waals surface area (Å²) < 4.78 is 6.41. The zero-order valence-corrected chi connectivity index (χ0v) is 19.5. The molecule has 5 rings (SSSR count). The lowest BCUT2D eigenvalue weighted by Gasteiger charge is -2.30. The van der Waals surface area contributed by atoms with Gasteiger partial charge in [-0.2, -0.15) is 0 Å². The van der Waals surface area contributed by atoms with E-state index in [0.29, 0.717) is 24.0 Å². The molecule has 0 saturated carbocycles. The number of nitrogens with zero attached hydrogens (tertiary/aromatic N) is 5. The van der Waals surface area contributed by atoms with E-state index >= 15 is 0 Å². The first-order valence-electron chi connectivity index (χ1n) is 11.8. The lowest BCUT2D eigenvalue weighted by atomic mass is 9.98. The summed E-state index contributed by atoms with van der Waals surface area (Å²) in [6.07, 6.45) is 5.51. The lowest BCUT2D eigenvalue weighted by Crippen LogP contribution is -2.35. The van der Waals surface area contributed by atoms with Crippen molar-refractivity contribution in [2.45, 2.75) is 39.7 Å². The second-order valence-corrected chi connectivity index (χ2v) is 8.90. The summed E-state index contributed by atoms with van der Waals surface area (Å²) in [5, 5.41) is 5.68. The molecule has 0 radical (unpaired) electrons. The molecule has 0 aliphatic carbocycles. The molecule has 1 fully saturated rings. The van der Waals surface area contributed by atoms with E-state index in [1.165, 1.54) is 24.7 Å². The molecule has 1 unspecified atom stereocenters. The van der Waals surface area contributed by atoms with Crippen molar-refractivity contribution in [3.8, 4) is 5.88 Å². The van der Waals surface area contributed by atoms with Crippen molar-refractivity contribution in [3.05, 3.63) is 48.2 Å². The fraction of sp³-hybridized carbons (Fsp3) is 0.440. The number of hydrogen-bond donors (Lipinski definition) is 2. The second-order valence-electron chi connectivity index (χ2n) is 8.90. The average Bonchev–Trinajstić information content (AvgIpc) is 3.33. The maximum Gasteiger partial charge on any atom is 0.221 e. The first-order chi connectivity index (χ1) is 16.1. The Kier molecular flexibility index (Phi) is 6.09. The highest BCUT2D eigenvalue weighted by molar-refractivity contribution is 5.90. The van der Waals surface area contributed by atoms with E-state index in [9.17, 15) is 0 Å². The van der Waals surface area contributed by atoms with Gasteiger partial charge in [0.05, 0.1) is 24.7 Å². The summed E-state index contributed by atoms with van der Waals surface area (Å²) in [7, 11) is 0. The highest BCUT2D eigenvalue weighted by Gasteiger charge is 2.21. The van der Waals surface area contributed by atoms with E-state index in [4.69, 9.17) is 9.72 Å². The van der Waals surface area contributed by atoms with E-state index in [1.807, 2.05) is 0 Å². The van der Waals surface area contributed by atoms with E-state index < -0.39 is 0 Å². The number of fused-ring (bicyclic) bond motifs is 2. The Bertz CT molecular complexity index is 1250. The van der Waals surface area contributed by atoms with Gasteiger partial charge in [-0.1, -0.05) is 25.1 Å². The fourth-order valence-corrected chi connectivity index (χ4v) is 4.61. The van der Waals surface area contributed by atoms with Gasteiger partial charge in [0.2, 0.25) is 5.88 Å². The maximum atomic E-state index is 6.41. The Morgan fingerprint density at radius 3 is 2.88 bits per heavy atom. The summed E-state index contributed by atoms with van der Waals surface area (Å²) in [5.74, 6) is 1.98. The Balaban J connectivity index is 1.40. The molecule has 1 atom stereocenters. The minimum absolute atomic E-state index is 0.0835. The van der Waals surface area contributed by atoms with Gasteiger partial charge in [0.1, 0.15) is 11.8 Å². The van der Waals surface area contributed by atoms with Crippen molar-refractivity contribution >= 4 is 27.8 Å². The molecule has 0 spiro atoms. The molecule has 0 bridgehead atoms. The number of aromatic nitrogens is 5. The Hall–Kier alpha value is -3.26. The summed E-state index contributed by atoms with van der Waals surface area (Å²) in [6.45, 7) is 10.6. The maximum absolute atomic E-state index is 6.41. The number of benzene rings is 1. The topological polar surface area (TPSA) is 91.9 Å². The number of ether oxygens (including phenoxy) is 1. The molecule has 1 saturated heterocycles. The lowest BCUT2D eigenvalue weighted by molar-refractivity contribution is 0.144. The zero-order valence-electron chi connectivity index (χ0n) is 19.5. The van der Waals surface area contributed by atoms with E-state index in [1.54, 1.807) is 6.33 Å².